The second-order valence-electron chi connectivity index (χ2n) is 4.17. The lowest BCUT2D eigenvalue weighted by molar-refractivity contribution is 0.0594. The third-order valence-corrected chi connectivity index (χ3v) is 4.01. The van der Waals surface area contributed by atoms with Gasteiger partial charge in [-0.25, -0.2) is 14.8 Å². The van der Waals surface area contributed by atoms with Gasteiger partial charge in [0, 0.05) is 8.95 Å². The molecule has 1 aromatic heterocycles. The van der Waals surface area contributed by atoms with Gasteiger partial charge in [0.25, 0.3) is 0 Å². The Morgan fingerprint density at radius 1 is 1.10 bits per heavy atom. The van der Waals surface area contributed by atoms with E-state index in [0.717, 1.165) is 14.6 Å². The van der Waals surface area contributed by atoms with E-state index in [1.165, 1.54) is 7.11 Å². The number of benzene rings is 1. The molecule has 1 heterocycles. The number of hydrogen-bond acceptors (Lipinski definition) is 4. The number of rotatable bonds is 3. The summed E-state index contributed by atoms with van der Waals surface area (Å²) in [7, 11) is 1.33. The lowest BCUT2D eigenvalue weighted by Gasteiger charge is -2.05. The van der Waals surface area contributed by atoms with Gasteiger partial charge in [-0.2, -0.15) is 0 Å². The van der Waals surface area contributed by atoms with Crippen LogP contribution in [-0.4, -0.2) is 23.8 Å². The van der Waals surface area contributed by atoms with E-state index >= 15 is 0 Å². The number of nitrogens with zero attached hydrogens (tertiary/aromatic N) is 2. The van der Waals surface area contributed by atoms with Crippen LogP contribution in [0.4, 0.5) is 5.69 Å². The molecule has 0 N–H and O–H groups in total. The molecule has 0 fully saturated rings. The van der Waals surface area contributed by atoms with Crippen molar-refractivity contribution in [1.29, 1.82) is 0 Å². The van der Waals surface area contributed by atoms with E-state index in [9.17, 15) is 4.79 Å². The Hall–Kier alpha value is -1.53. The van der Waals surface area contributed by atoms with Crippen molar-refractivity contribution in [3.8, 4) is 0 Å². The van der Waals surface area contributed by atoms with Crippen LogP contribution in [0.2, 0.25) is 0 Å². The first-order valence-corrected chi connectivity index (χ1v) is 7.66. The number of halogens is 2. The van der Waals surface area contributed by atoms with Gasteiger partial charge >= 0.3 is 5.97 Å². The minimum absolute atomic E-state index is 0.260. The summed E-state index contributed by atoms with van der Waals surface area (Å²) in [5, 5.41) is 0. The Bertz CT molecular complexity index is 694. The predicted octanol–water partition coefficient (Wildman–Crippen LogP) is 4.53. The Kier molecular flexibility index (Phi) is 5.25. The highest BCUT2D eigenvalue weighted by Gasteiger charge is 2.10. The number of carbonyl (C=O) groups is 1. The fourth-order valence-electron chi connectivity index (χ4n) is 1.68. The van der Waals surface area contributed by atoms with Crippen LogP contribution in [-0.2, 0) is 4.74 Å². The number of esters is 1. The SMILES string of the molecule is COC(=O)c1cccc(C(C)=Nc2c(Br)cccc2Br)n1. The van der Waals surface area contributed by atoms with Crippen LogP contribution in [0.15, 0.2) is 50.3 Å². The molecule has 0 saturated carbocycles. The monoisotopic (exact) mass is 410 g/mol. The fourth-order valence-corrected chi connectivity index (χ4v) is 2.85. The van der Waals surface area contributed by atoms with Gasteiger partial charge in [0.05, 0.1) is 24.2 Å². The van der Waals surface area contributed by atoms with Gasteiger partial charge in [0.2, 0.25) is 0 Å². The van der Waals surface area contributed by atoms with Crippen molar-refractivity contribution in [2.75, 3.05) is 7.11 Å². The standard InChI is InChI=1S/C15H12Br2N2O2/c1-9(18-14-10(16)5-3-6-11(14)17)12-7-4-8-13(19-12)15(20)21-2/h3-8H,1-2H3. The summed E-state index contributed by atoms with van der Waals surface area (Å²) in [5.41, 5.74) is 2.37. The van der Waals surface area contributed by atoms with Gasteiger partial charge in [-0.15, -0.1) is 0 Å². The summed E-state index contributed by atoms with van der Waals surface area (Å²) in [4.78, 5) is 20.3. The zero-order valence-corrected chi connectivity index (χ0v) is 14.6. The first kappa shape index (κ1) is 15.9. The molecule has 108 valence electrons. The zero-order chi connectivity index (χ0) is 15.4. The van der Waals surface area contributed by atoms with Crippen LogP contribution in [0.5, 0.6) is 0 Å². The van der Waals surface area contributed by atoms with E-state index in [1.807, 2.05) is 25.1 Å². The predicted molar refractivity (Wildman–Crippen MR) is 89.3 cm³/mol. The van der Waals surface area contributed by atoms with E-state index < -0.39 is 5.97 Å². The molecule has 0 spiro atoms. The Labute approximate surface area is 139 Å². The van der Waals surface area contributed by atoms with Crippen molar-refractivity contribution in [3.05, 3.63) is 56.7 Å². The van der Waals surface area contributed by atoms with Crippen molar-refractivity contribution in [3.63, 3.8) is 0 Å². The van der Waals surface area contributed by atoms with Crippen molar-refractivity contribution < 1.29 is 9.53 Å². The molecule has 21 heavy (non-hydrogen) atoms. The molecular formula is C15H12Br2N2O2. The maximum absolute atomic E-state index is 11.5. The topological polar surface area (TPSA) is 51.5 Å². The summed E-state index contributed by atoms with van der Waals surface area (Å²) in [6.45, 7) is 1.84. The van der Waals surface area contributed by atoms with Crippen molar-refractivity contribution in [1.82, 2.24) is 4.98 Å². The summed E-state index contributed by atoms with van der Waals surface area (Å²) in [6, 6.07) is 10.9. The maximum atomic E-state index is 11.5. The first-order chi connectivity index (χ1) is 10.0. The average Bonchev–Trinajstić information content (AvgIpc) is 2.50. The highest BCUT2D eigenvalue weighted by Crippen LogP contribution is 2.33. The number of ether oxygens (including phenoxy) is 1. The summed E-state index contributed by atoms with van der Waals surface area (Å²) in [5.74, 6) is -0.466. The van der Waals surface area contributed by atoms with E-state index in [4.69, 9.17) is 0 Å². The molecule has 2 rings (SSSR count). The molecule has 0 amide bonds. The second-order valence-corrected chi connectivity index (χ2v) is 5.88. The molecule has 0 saturated heterocycles. The van der Waals surface area contributed by atoms with Gasteiger partial charge in [-0.3, -0.25) is 0 Å². The van der Waals surface area contributed by atoms with Crippen LogP contribution in [0.3, 0.4) is 0 Å². The molecule has 0 atom stereocenters. The number of aliphatic imine (C=N–C) groups is 1. The minimum Gasteiger partial charge on any atom is -0.464 e. The lowest BCUT2D eigenvalue weighted by Crippen LogP contribution is -2.08. The lowest BCUT2D eigenvalue weighted by atomic mass is 10.2. The molecule has 0 radical (unpaired) electrons. The highest BCUT2D eigenvalue weighted by atomic mass is 79.9. The molecule has 0 unspecified atom stereocenters. The molecule has 6 heteroatoms. The molecule has 0 aliphatic carbocycles. The van der Waals surface area contributed by atoms with Gasteiger partial charge in [-0.1, -0.05) is 12.1 Å². The Morgan fingerprint density at radius 2 is 1.67 bits per heavy atom. The number of pyridine rings is 1. The second kappa shape index (κ2) is 6.95. The molecule has 0 aliphatic heterocycles. The van der Waals surface area contributed by atoms with Crippen LogP contribution in [0.1, 0.15) is 23.1 Å². The van der Waals surface area contributed by atoms with Gasteiger partial charge < -0.3 is 4.74 Å². The van der Waals surface area contributed by atoms with Crippen molar-refractivity contribution >= 4 is 49.2 Å². The number of carbonyl (C=O) groups excluding carboxylic acids is 1. The molecule has 0 bridgehead atoms. The normalized spacial score (nSPS) is 11.3. The summed E-state index contributed by atoms with van der Waals surface area (Å²) < 4.78 is 6.42. The van der Waals surface area contributed by atoms with Gasteiger partial charge in [-0.05, 0) is 63.0 Å². The van der Waals surface area contributed by atoms with Crippen LogP contribution < -0.4 is 0 Å². The maximum Gasteiger partial charge on any atom is 0.356 e. The van der Waals surface area contributed by atoms with E-state index in [-0.39, 0.29) is 5.69 Å². The number of hydrogen-bond donors (Lipinski definition) is 0. The Balaban J connectivity index is 2.42. The van der Waals surface area contributed by atoms with Crippen LogP contribution in [0.25, 0.3) is 0 Å². The van der Waals surface area contributed by atoms with Gasteiger partial charge in [0.15, 0.2) is 0 Å². The largest absolute Gasteiger partial charge is 0.464 e. The summed E-state index contributed by atoms with van der Waals surface area (Å²) in [6.07, 6.45) is 0. The first-order valence-electron chi connectivity index (χ1n) is 6.08. The number of aromatic nitrogens is 1. The average molecular weight is 412 g/mol. The Morgan fingerprint density at radius 3 is 2.29 bits per heavy atom. The van der Waals surface area contributed by atoms with E-state index in [2.05, 4.69) is 46.6 Å². The smallest absolute Gasteiger partial charge is 0.356 e. The van der Waals surface area contributed by atoms with Crippen molar-refractivity contribution in [2.24, 2.45) is 4.99 Å². The fraction of sp³-hybridized carbons (Fsp3) is 0.133. The van der Waals surface area contributed by atoms with E-state index in [0.29, 0.717) is 11.4 Å². The zero-order valence-electron chi connectivity index (χ0n) is 11.4. The third-order valence-electron chi connectivity index (χ3n) is 2.73. The van der Waals surface area contributed by atoms with Crippen molar-refractivity contribution in [2.45, 2.75) is 6.92 Å². The molecular weight excluding hydrogens is 400 g/mol. The quantitative estimate of drug-likeness (QED) is 0.550. The number of methoxy groups -OCH3 is 1. The van der Waals surface area contributed by atoms with Crippen LogP contribution >= 0.6 is 31.9 Å². The number of para-hydroxylation sites is 1. The summed E-state index contributed by atoms with van der Waals surface area (Å²) >= 11 is 6.93. The minimum atomic E-state index is -0.466. The third kappa shape index (κ3) is 3.77. The molecule has 2 aromatic rings. The van der Waals surface area contributed by atoms with Gasteiger partial charge in [0.1, 0.15) is 5.69 Å². The van der Waals surface area contributed by atoms with Crippen LogP contribution in [0, 0.1) is 0 Å². The van der Waals surface area contributed by atoms with E-state index in [1.54, 1.807) is 18.2 Å². The highest BCUT2D eigenvalue weighted by molar-refractivity contribution is 9.11. The molecule has 4 nitrogen and oxygen atoms in total. The molecule has 1 aromatic carbocycles. The molecule has 0 aliphatic rings.